The van der Waals surface area contributed by atoms with E-state index < -0.39 is 0 Å². The first-order chi connectivity index (χ1) is 9.83. The van der Waals surface area contributed by atoms with Crippen LogP contribution in [0.2, 0.25) is 0 Å². The van der Waals surface area contributed by atoms with Gasteiger partial charge in [0.15, 0.2) is 0 Å². The molecular weight excluding hydrogens is 244 g/mol. The Hall–Kier alpha value is -0.0800. The van der Waals surface area contributed by atoms with E-state index in [0.717, 1.165) is 6.04 Å². The highest BCUT2D eigenvalue weighted by molar-refractivity contribution is 5.04. The summed E-state index contributed by atoms with van der Waals surface area (Å²) in [4.78, 5) is 2.87. The molecule has 1 atom stereocenters. The predicted octanol–water partition coefficient (Wildman–Crippen LogP) is 4.34. The lowest BCUT2D eigenvalue weighted by atomic mass is 9.83. The number of rotatable bonds is 9. The minimum atomic E-state index is 0.513. The Morgan fingerprint density at radius 3 is 2.25 bits per heavy atom. The van der Waals surface area contributed by atoms with Crippen LogP contribution in [0, 0.1) is 0 Å². The molecule has 1 aliphatic carbocycles. The standard InChI is InChI=1S/C18H36N2/c1-3-5-6-11-17(19-14-4-2)18(12-7-8-13-18)20-15-9-10-16-20/h17,19H,3-16H2,1-2H3. The molecule has 0 aromatic heterocycles. The Labute approximate surface area is 126 Å². The van der Waals surface area contributed by atoms with E-state index in [1.54, 1.807) is 0 Å². The second-order valence-corrected chi connectivity index (χ2v) is 7.01. The molecule has 0 amide bonds. The molecule has 0 bridgehead atoms. The first-order valence-electron chi connectivity index (χ1n) is 9.32. The maximum Gasteiger partial charge on any atom is 0.0362 e. The van der Waals surface area contributed by atoms with E-state index in [4.69, 9.17) is 0 Å². The van der Waals surface area contributed by atoms with Crippen molar-refractivity contribution in [1.29, 1.82) is 0 Å². The van der Waals surface area contributed by atoms with E-state index in [1.807, 2.05) is 0 Å². The van der Waals surface area contributed by atoms with Crippen molar-refractivity contribution in [3.05, 3.63) is 0 Å². The zero-order valence-electron chi connectivity index (χ0n) is 13.9. The summed E-state index contributed by atoms with van der Waals surface area (Å²) in [5.74, 6) is 0. The van der Waals surface area contributed by atoms with Crippen LogP contribution in [0.25, 0.3) is 0 Å². The first-order valence-corrected chi connectivity index (χ1v) is 9.32. The molecule has 2 heteroatoms. The van der Waals surface area contributed by atoms with Gasteiger partial charge in [-0.1, -0.05) is 46.0 Å². The fourth-order valence-corrected chi connectivity index (χ4v) is 4.51. The van der Waals surface area contributed by atoms with Crippen LogP contribution in [0.15, 0.2) is 0 Å². The normalized spacial score (nSPS) is 24.3. The Kier molecular flexibility index (Phi) is 6.83. The molecular formula is C18H36N2. The zero-order valence-corrected chi connectivity index (χ0v) is 13.9. The van der Waals surface area contributed by atoms with Gasteiger partial charge in [0.05, 0.1) is 0 Å². The second-order valence-electron chi connectivity index (χ2n) is 7.01. The van der Waals surface area contributed by atoms with Crippen molar-refractivity contribution in [2.24, 2.45) is 0 Å². The molecule has 1 saturated carbocycles. The van der Waals surface area contributed by atoms with Gasteiger partial charge >= 0.3 is 0 Å². The fraction of sp³-hybridized carbons (Fsp3) is 1.00. The van der Waals surface area contributed by atoms with Crippen LogP contribution in [0.4, 0.5) is 0 Å². The van der Waals surface area contributed by atoms with Crippen LogP contribution in [-0.2, 0) is 0 Å². The van der Waals surface area contributed by atoms with Crippen LogP contribution in [0.5, 0.6) is 0 Å². The van der Waals surface area contributed by atoms with E-state index in [2.05, 4.69) is 24.1 Å². The third-order valence-electron chi connectivity index (χ3n) is 5.59. The highest BCUT2D eigenvalue weighted by Gasteiger charge is 2.45. The van der Waals surface area contributed by atoms with Gasteiger partial charge in [-0.2, -0.15) is 0 Å². The molecule has 2 fully saturated rings. The summed E-state index contributed by atoms with van der Waals surface area (Å²) in [5.41, 5.74) is 0.513. The molecule has 2 nitrogen and oxygen atoms in total. The lowest BCUT2D eigenvalue weighted by Crippen LogP contribution is -2.59. The van der Waals surface area contributed by atoms with Crippen molar-refractivity contribution < 1.29 is 0 Å². The summed E-state index contributed by atoms with van der Waals surface area (Å²) in [6, 6.07) is 0.745. The molecule has 20 heavy (non-hydrogen) atoms. The summed E-state index contributed by atoms with van der Waals surface area (Å²) in [6.45, 7) is 8.54. The molecule has 118 valence electrons. The van der Waals surface area contributed by atoms with Crippen LogP contribution >= 0.6 is 0 Å². The summed E-state index contributed by atoms with van der Waals surface area (Å²) in [6.07, 6.45) is 15.5. The third-order valence-corrected chi connectivity index (χ3v) is 5.59. The van der Waals surface area contributed by atoms with Crippen LogP contribution in [-0.4, -0.2) is 36.1 Å². The second kappa shape index (κ2) is 8.38. The topological polar surface area (TPSA) is 15.3 Å². The molecule has 0 radical (unpaired) electrons. The van der Waals surface area contributed by atoms with Gasteiger partial charge in [-0.3, -0.25) is 4.90 Å². The molecule has 0 aromatic rings. The molecule has 0 aromatic carbocycles. The summed E-state index contributed by atoms with van der Waals surface area (Å²) in [5, 5.41) is 3.95. The molecule has 2 aliphatic rings. The highest BCUT2D eigenvalue weighted by Crippen LogP contribution is 2.41. The van der Waals surface area contributed by atoms with E-state index in [1.165, 1.54) is 90.3 Å². The fourth-order valence-electron chi connectivity index (χ4n) is 4.51. The predicted molar refractivity (Wildman–Crippen MR) is 88.2 cm³/mol. The summed E-state index contributed by atoms with van der Waals surface area (Å²) in [7, 11) is 0. The number of hydrogen-bond acceptors (Lipinski definition) is 2. The minimum absolute atomic E-state index is 0.513. The van der Waals surface area contributed by atoms with Gasteiger partial charge in [0.25, 0.3) is 0 Å². The Morgan fingerprint density at radius 1 is 0.950 bits per heavy atom. The van der Waals surface area contributed by atoms with Crippen LogP contribution < -0.4 is 5.32 Å². The van der Waals surface area contributed by atoms with Gasteiger partial charge in [-0.05, 0) is 58.2 Å². The van der Waals surface area contributed by atoms with Crippen molar-refractivity contribution in [3.63, 3.8) is 0 Å². The van der Waals surface area contributed by atoms with Gasteiger partial charge in [0, 0.05) is 11.6 Å². The maximum atomic E-state index is 3.95. The van der Waals surface area contributed by atoms with Crippen molar-refractivity contribution >= 4 is 0 Å². The average molecular weight is 280 g/mol. The number of unbranched alkanes of at least 4 members (excludes halogenated alkanes) is 2. The number of nitrogens with zero attached hydrogens (tertiary/aromatic N) is 1. The molecule has 0 spiro atoms. The van der Waals surface area contributed by atoms with Crippen LogP contribution in [0.1, 0.15) is 84.5 Å². The van der Waals surface area contributed by atoms with Crippen LogP contribution in [0.3, 0.4) is 0 Å². The van der Waals surface area contributed by atoms with Crippen molar-refractivity contribution in [2.45, 2.75) is 96.1 Å². The molecule has 2 rings (SSSR count). The zero-order chi connectivity index (χ0) is 14.3. The third kappa shape index (κ3) is 3.76. The SMILES string of the molecule is CCCCCC(NCCC)C1(N2CCCC2)CCCC1. The van der Waals surface area contributed by atoms with Crippen molar-refractivity contribution in [2.75, 3.05) is 19.6 Å². The van der Waals surface area contributed by atoms with E-state index in [-0.39, 0.29) is 0 Å². The average Bonchev–Trinajstić information content (AvgIpc) is 3.13. The lowest BCUT2D eigenvalue weighted by Gasteiger charge is -2.46. The molecule has 1 N–H and O–H groups in total. The van der Waals surface area contributed by atoms with E-state index in [0.29, 0.717) is 5.54 Å². The summed E-state index contributed by atoms with van der Waals surface area (Å²) >= 11 is 0. The van der Waals surface area contributed by atoms with Crippen molar-refractivity contribution in [3.8, 4) is 0 Å². The lowest BCUT2D eigenvalue weighted by molar-refractivity contribution is 0.0718. The highest BCUT2D eigenvalue weighted by atomic mass is 15.2. The smallest absolute Gasteiger partial charge is 0.0362 e. The van der Waals surface area contributed by atoms with Gasteiger partial charge in [-0.15, -0.1) is 0 Å². The first kappa shape index (κ1) is 16.3. The Balaban J connectivity index is 2.03. The molecule has 1 unspecified atom stereocenters. The Bertz CT molecular complexity index is 252. The Morgan fingerprint density at radius 2 is 1.65 bits per heavy atom. The van der Waals surface area contributed by atoms with E-state index in [9.17, 15) is 0 Å². The monoisotopic (exact) mass is 280 g/mol. The van der Waals surface area contributed by atoms with Gasteiger partial charge in [0.2, 0.25) is 0 Å². The molecule has 1 aliphatic heterocycles. The number of likely N-dealkylation sites (tertiary alicyclic amines) is 1. The van der Waals surface area contributed by atoms with Crippen molar-refractivity contribution in [1.82, 2.24) is 10.2 Å². The van der Waals surface area contributed by atoms with Gasteiger partial charge in [0.1, 0.15) is 0 Å². The van der Waals surface area contributed by atoms with E-state index >= 15 is 0 Å². The quantitative estimate of drug-likeness (QED) is 0.632. The number of hydrogen-bond donors (Lipinski definition) is 1. The summed E-state index contributed by atoms with van der Waals surface area (Å²) < 4.78 is 0. The van der Waals surface area contributed by atoms with Gasteiger partial charge < -0.3 is 5.32 Å². The molecule has 1 heterocycles. The number of nitrogens with one attached hydrogen (secondary N) is 1. The maximum absolute atomic E-state index is 3.95. The largest absolute Gasteiger partial charge is 0.312 e. The minimum Gasteiger partial charge on any atom is -0.312 e. The van der Waals surface area contributed by atoms with Gasteiger partial charge in [-0.25, -0.2) is 0 Å². The molecule has 1 saturated heterocycles.